The molecule has 0 aliphatic carbocycles. The summed E-state index contributed by atoms with van der Waals surface area (Å²) in [5.41, 5.74) is 1.28. The van der Waals surface area contributed by atoms with Crippen molar-refractivity contribution in [3.8, 4) is 17.6 Å². The molecule has 3 aromatic rings. The van der Waals surface area contributed by atoms with Gasteiger partial charge in [-0.25, -0.2) is 23.0 Å². The van der Waals surface area contributed by atoms with Crippen LogP contribution in [0.3, 0.4) is 0 Å². The third kappa shape index (κ3) is 6.20. The van der Waals surface area contributed by atoms with Crippen LogP contribution < -0.4 is 10.2 Å². The number of ether oxygens (including phenoxy) is 1. The van der Waals surface area contributed by atoms with E-state index >= 15 is 4.39 Å². The van der Waals surface area contributed by atoms with E-state index in [9.17, 15) is 28.3 Å². The van der Waals surface area contributed by atoms with Gasteiger partial charge in [0.15, 0.2) is 0 Å². The normalized spacial score (nSPS) is 15.8. The van der Waals surface area contributed by atoms with Crippen molar-refractivity contribution in [2.24, 2.45) is 5.41 Å². The van der Waals surface area contributed by atoms with Crippen LogP contribution in [-0.4, -0.2) is 52.8 Å². The highest BCUT2D eigenvalue weighted by Gasteiger charge is 2.41. The highest BCUT2D eigenvalue weighted by molar-refractivity contribution is 5.85. The number of hydrogen-bond donors (Lipinski definition) is 3. The molecule has 0 saturated carbocycles. The first-order valence-corrected chi connectivity index (χ1v) is 12.7. The number of piperidine rings is 1. The number of nitrogens with one attached hydrogen (secondary N) is 1. The molecule has 11 heteroatoms. The number of fused-ring (bicyclic) bond motifs is 1. The highest BCUT2D eigenvalue weighted by atomic mass is 19.1. The average Bonchev–Trinajstić information content (AvgIpc) is 2.96. The number of aromatic nitrogens is 1. The number of pyridine rings is 1. The zero-order valence-electron chi connectivity index (χ0n) is 21.8. The van der Waals surface area contributed by atoms with Crippen LogP contribution >= 0.6 is 0 Å². The Kier molecular flexibility index (Phi) is 9.25. The van der Waals surface area contributed by atoms with E-state index in [2.05, 4.69) is 16.8 Å². The zero-order chi connectivity index (χ0) is 28.9. The van der Waals surface area contributed by atoms with Crippen LogP contribution in [0, 0.1) is 34.7 Å². The molecule has 1 aliphatic rings. The Hall–Kier alpha value is -3.72. The number of likely N-dealkylation sites (tertiary alicyclic amines) is 1. The molecular formula is C29H29F4N3O4. The van der Waals surface area contributed by atoms with Crippen LogP contribution in [0.25, 0.3) is 10.9 Å². The van der Waals surface area contributed by atoms with Gasteiger partial charge in [-0.15, -0.1) is 0 Å². The summed E-state index contributed by atoms with van der Waals surface area (Å²) in [5, 5.41) is 19.8. The number of amides is 1. The van der Waals surface area contributed by atoms with Crippen molar-refractivity contribution < 1.29 is 37.4 Å². The molecule has 1 aromatic heterocycles. The molecule has 4 rings (SSSR count). The quantitative estimate of drug-likeness (QED) is 0.162. The highest BCUT2D eigenvalue weighted by Crippen LogP contribution is 2.41. The lowest BCUT2D eigenvalue weighted by Gasteiger charge is -2.40. The first-order valence-electron chi connectivity index (χ1n) is 12.7. The van der Waals surface area contributed by atoms with Crippen molar-refractivity contribution >= 4 is 16.8 Å². The second-order valence-electron chi connectivity index (χ2n) is 9.79. The lowest BCUT2D eigenvalue weighted by molar-refractivity contribution is -0.143. The molecular weight excluding hydrogens is 530 g/mol. The number of nitrogens with zero attached hydrogens (tertiary/aromatic N) is 2. The number of halogens is 4. The van der Waals surface area contributed by atoms with Crippen LogP contribution in [0.1, 0.15) is 48.5 Å². The fraction of sp³-hybridized carbons (Fsp3) is 0.379. The Bertz CT molecular complexity index is 1420. The number of hydroxylamine groups is 1. The molecule has 3 N–H and O–H groups in total. The Morgan fingerprint density at radius 3 is 2.52 bits per heavy atom. The van der Waals surface area contributed by atoms with Gasteiger partial charge < -0.3 is 9.84 Å². The predicted octanol–water partition coefficient (Wildman–Crippen LogP) is 4.58. The number of aliphatic hydroxyl groups excluding tert-OH is 1. The fourth-order valence-corrected chi connectivity index (χ4v) is 5.15. The molecule has 212 valence electrons. The van der Waals surface area contributed by atoms with Gasteiger partial charge >= 0.3 is 0 Å². The van der Waals surface area contributed by atoms with Gasteiger partial charge in [0.2, 0.25) is 5.91 Å². The predicted molar refractivity (Wildman–Crippen MR) is 139 cm³/mol. The van der Waals surface area contributed by atoms with Crippen molar-refractivity contribution in [3.05, 3.63) is 70.7 Å². The maximum atomic E-state index is 15.8. The first kappa shape index (κ1) is 29.3. The van der Waals surface area contributed by atoms with E-state index in [0.717, 1.165) is 0 Å². The zero-order valence-corrected chi connectivity index (χ0v) is 21.8. The summed E-state index contributed by atoms with van der Waals surface area (Å²) in [5.74, 6) is 1.74. The van der Waals surface area contributed by atoms with Gasteiger partial charge in [0.05, 0.1) is 36.8 Å². The molecule has 0 bridgehead atoms. The maximum absolute atomic E-state index is 15.8. The largest absolute Gasteiger partial charge is 0.497 e. The summed E-state index contributed by atoms with van der Waals surface area (Å²) in [6.07, 6.45) is 0.517. The van der Waals surface area contributed by atoms with Gasteiger partial charge in [0, 0.05) is 47.9 Å². The van der Waals surface area contributed by atoms with Crippen LogP contribution in [-0.2, 0) is 11.4 Å². The number of rotatable bonds is 8. The molecule has 1 aliphatic heterocycles. The minimum atomic E-state index is -1.53. The molecule has 0 spiro atoms. The van der Waals surface area contributed by atoms with E-state index in [1.807, 2.05) is 4.90 Å². The monoisotopic (exact) mass is 559 g/mol. The van der Waals surface area contributed by atoms with Crippen molar-refractivity contribution in [2.75, 3.05) is 26.7 Å². The number of aliphatic hydroxyl groups is 1. The number of methoxy groups -OCH3 is 1. The Balaban J connectivity index is 1.47. The lowest BCUT2D eigenvalue weighted by Crippen LogP contribution is -2.48. The molecule has 0 radical (unpaired) electrons. The summed E-state index contributed by atoms with van der Waals surface area (Å²) in [7, 11) is 1.49. The second-order valence-corrected chi connectivity index (χ2v) is 9.79. The van der Waals surface area contributed by atoms with Gasteiger partial charge in [0.25, 0.3) is 0 Å². The molecule has 0 unspecified atom stereocenters. The van der Waals surface area contributed by atoms with E-state index < -0.39 is 47.1 Å². The summed E-state index contributed by atoms with van der Waals surface area (Å²) in [6, 6.07) is 6.17. The standard InChI is InChI=1S/C29H29F4N3O4/c1-40-20-4-5-26-22(15-20)27(18(17-37)16-34-26)23(31)6-7-29(28(38)35-39)8-11-36(12-9-29)10-2-3-21-24(32)13-19(30)14-25(21)33/h4-5,13-16,23,37,39H,6-12,17H2,1H3,(H,35,38)/t23-/m1/s1. The van der Waals surface area contributed by atoms with Gasteiger partial charge in [-0.05, 0) is 43.9 Å². The van der Waals surface area contributed by atoms with Crippen LogP contribution in [0.4, 0.5) is 17.6 Å². The first-order chi connectivity index (χ1) is 19.2. The average molecular weight is 560 g/mol. The van der Waals surface area contributed by atoms with E-state index in [1.165, 1.54) is 13.3 Å². The second kappa shape index (κ2) is 12.6. The molecule has 2 heterocycles. The van der Waals surface area contributed by atoms with Gasteiger partial charge in [-0.1, -0.05) is 11.8 Å². The fourth-order valence-electron chi connectivity index (χ4n) is 5.15. The summed E-state index contributed by atoms with van der Waals surface area (Å²) in [6.45, 7) is 0.457. The van der Waals surface area contributed by atoms with Crippen LogP contribution in [0.15, 0.2) is 36.5 Å². The van der Waals surface area contributed by atoms with E-state index in [0.29, 0.717) is 47.4 Å². The smallest absolute Gasteiger partial charge is 0.249 e. The Morgan fingerprint density at radius 1 is 1.20 bits per heavy atom. The molecule has 2 aromatic carbocycles. The molecule has 1 atom stereocenters. The molecule has 7 nitrogen and oxygen atoms in total. The van der Waals surface area contributed by atoms with Gasteiger partial charge in [0.1, 0.15) is 29.4 Å². The van der Waals surface area contributed by atoms with Crippen LogP contribution in [0.5, 0.6) is 5.75 Å². The Labute approximate surface area is 228 Å². The number of carbonyl (C=O) groups excluding carboxylic acids is 1. The summed E-state index contributed by atoms with van der Waals surface area (Å²) in [4.78, 5) is 18.9. The lowest BCUT2D eigenvalue weighted by atomic mass is 9.73. The Morgan fingerprint density at radius 2 is 1.90 bits per heavy atom. The van der Waals surface area contributed by atoms with Crippen molar-refractivity contribution in [2.45, 2.75) is 38.5 Å². The maximum Gasteiger partial charge on any atom is 0.249 e. The van der Waals surface area contributed by atoms with E-state index in [-0.39, 0.29) is 37.8 Å². The minimum absolute atomic E-state index is 0.0559. The third-order valence-corrected chi connectivity index (χ3v) is 7.48. The van der Waals surface area contributed by atoms with Crippen molar-refractivity contribution in [1.82, 2.24) is 15.4 Å². The van der Waals surface area contributed by atoms with E-state index in [1.54, 1.807) is 23.7 Å². The topological polar surface area (TPSA) is 94.9 Å². The van der Waals surface area contributed by atoms with Crippen molar-refractivity contribution in [3.63, 3.8) is 0 Å². The van der Waals surface area contributed by atoms with E-state index in [4.69, 9.17) is 4.74 Å². The molecule has 1 amide bonds. The number of hydrogen-bond acceptors (Lipinski definition) is 6. The number of carbonyl (C=O) groups is 1. The molecule has 1 saturated heterocycles. The SMILES string of the molecule is COc1ccc2ncc(CO)c([C@H](F)CCC3(C(=O)NO)CCN(CC#Cc4c(F)cc(F)cc4F)CC3)c2c1. The number of benzene rings is 2. The summed E-state index contributed by atoms with van der Waals surface area (Å²) >= 11 is 0. The number of alkyl halides is 1. The summed E-state index contributed by atoms with van der Waals surface area (Å²) < 4.78 is 61.9. The minimum Gasteiger partial charge on any atom is -0.497 e. The van der Waals surface area contributed by atoms with Gasteiger partial charge in [-0.2, -0.15) is 0 Å². The molecule has 1 fully saturated rings. The van der Waals surface area contributed by atoms with Gasteiger partial charge in [-0.3, -0.25) is 19.9 Å². The van der Waals surface area contributed by atoms with Crippen LogP contribution in [0.2, 0.25) is 0 Å². The molecule has 40 heavy (non-hydrogen) atoms. The third-order valence-electron chi connectivity index (χ3n) is 7.48. The van der Waals surface area contributed by atoms with Crippen molar-refractivity contribution in [1.29, 1.82) is 0 Å².